The summed E-state index contributed by atoms with van der Waals surface area (Å²) < 4.78 is 5.91. The van der Waals surface area contributed by atoms with Crippen LogP contribution in [0.1, 0.15) is 41.0 Å². The molecule has 0 radical (unpaired) electrons. The van der Waals surface area contributed by atoms with E-state index in [0.29, 0.717) is 12.1 Å². The Labute approximate surface area is 112 Å². The molecule has 0 bridgehead atoms. The van der Waals surface area contributed by atoms with E-state index in [9.17, 15) is 0 Å². The Morgan fingerprint density at radius 1 is 1.39 bits per heavy atom. The van der Waals surface area contributed by atoms with Crippen LogP contribution in [-0.4, -0.2) is 25.9 Å². The van der Waals surface area contributed by atoms with Crippen molar-refractivity contribution in [2.45, 2.75) is 47.3 Å². The van der Waals surface area contributed by atoms with Crippen molar-refractivity contribution >= 4 is 0 Å². The van der Waals surface area contributed by atoms with E-state index in [-0.39, 0.29) is 0 Å². The Morgan fingerprint density at radius 2 is 2.11 bits per heavy atom. The lowest BCUT2D eigenvalue weighted by Crippen LogP contribution is -3.15. The number of quaternary nitrogens is 1. The number of hydrogen-bond donors (Lipinski definition) is 1. The first-order chi connectivity index (χ1) is 8.49. The summed E-state index contributed by atoms with van der Waals surface area (Å²) in [7, 11) is 0. The fraction of sp³-hybridized carbons (Fsp3) is 0.875. The molecule has 1 heterocycles. The van der Waals surface area contributed by atoms with Crippen molar-refractivity contribution in [1.82, 2.24) is 0 Å². The largest absolute Gasteiger partial charge is 0.323 e. The van der Waals surface area contributed by atoms with Gasteiger partial charge in [0.15, 0.2) is 6.23 Å². The Hall–Kier alpha value is -0.340. The van der Waals surface area contributed by atoms with Gasteiger partial charge >= 0.3 is 0 Å². The quantitative estimate of drug-likeness (QED) is 0.760. The van der Waals surface area contributed by atoms with Gasteiger partial charge < -0.3 is 9.64 Å². The first kappa shape index (κ1) is 14.1. The second-order valence-electron chi connectivity index (χ2n) is 6.87. The Balaban J connectivity index is 2.00. The van der Waals surface area contributed by atoms with Crippen LogP contribution in [0.4, 0.5) is 0 Å². The Kier molecular flexibility index (Phi) is 4.50. The molecular weight excluding hydrogens is 222 g/mol. The molecule has 2 nitrogen and oxygen atoms in total. The van der Waals surface area contributed by atoms with Crippen LogP contribution in [0.3, 0.4) is 0 Å². The highest BCUT2D eigenvalue weighted by Gasteiger charge is 2.37. The summed E-state index contributed by atoms with van der Waals surface area (Å²) in [6.45, 7) is 15.1. The molecule has 1 N–H and O–H groups in total. The zero-order valence-corrected chi connectivity index (χ0v) is 12.7. The van der Waals surface area contributed by atoms with E-state index in [1.165, 1.54) is 19.5 Å². The van der Waals surface area contributed by atoms with E-state index >= 15 is 0 Å². The summed E-state index contributed by atoms with van der Waals surface area (Å²) >= 11 is 0. The molecule has 104 valence electrons. The molecule has 1 saturated heterocycles. The van der Waals surface area contributed by atoms with Crippen molar-refractivity contribution in [2.24, 2.45) is 23.7 Å². The summed E-state index contributed by atoms with van der Waals surface area (Å²) in [6.07, 6.45) is 4.21. The molecule has 0 aromatic carbocycles. The number of hydrogen-bond acceptors (Lipinski definition) is 1. The van der Waals surface area contributed by atoms with Crippen molar-refractivity contribution in [3.63, 3.8) is 0 Å². The highest BCUT2D eigenvalue weighted by Crippen LogP contribution is 2.32. The number of ether oxygens (including phenoxy) is 1. The standard InChI is InChI=1S/C16H29NO/c1-11(2)16-17(6-7-18-16)10-15-13(4)8-12(3)9-14(15)5/h8,11,13-16H,6-7,9-10H2,1-5H3/p+1/t13-,14+,15+,16+/m0/s1. The molecule has 0 spiro atoms. The summed E-state index contributed by atoms with van der Waals surface area (Å²) in [5.41, 5.74) is 1.58. The van der Waals surface area contributed by atoms with Crippen LogP contribution in [-0.2, 0) is 4.74 Å². The topological polar surface area (TPSA) is 13.7 Å². The second kappa shape index (κ2) is 5.75. The fourth-order valence-corrected chi connectivity index (χ4v) is 3.97. The number of nitrogens with one attached hydrogen (secondary N) is 1. The molecule has 0 amide bonds. The van der Waals surface area contributed by atoms with Gasteiger partial charge in [-0.1, -0.05) is 39.3 Å². The minimum Gasteiger partial charge on any atom is -0.323 e. The molecule has 0 aromatic rings. The maximum Gasteiger partial charge on any atom is 0.194 e. The average molecular weight is 252 g/mol. The SMILES string of the molecule is CC1=C[C@H](C)[C@@H](C[NH+]2CCO[C@@H]2C(C)C)[C@H](C)C1. The van der Waals surface area contributed by atoms with Crippen molar-refractivity contribution in [3.8, 4) is 0 Å². The molecule has 2 heteroatoms. The molecule has 18 heavy (non-hydrogen) atoms. The van der Waals surface area contributed by atoms with Gasteiger partial charge in [0.05, 0.1) is 6.54 Å². The smallest absolute Gasteiger partial charge is 0.194 e. The van der Waals surface area contributed by atoms with Gasteiger partial charge in [-0.05, 0) is 25.2 Å². The Bertz CT molecular complexity index is 310. The van der Waals surface area contributed by atoms with E-state index in [2.05, 4.69) is 40.7 Å². The second-order valence-corrected chi connectivity index (χ2v) is 6.87. The van der Waals surface area contributed by atoms with E-state index < -0.39 is 0 Å². The molecule has 1 aliphatic carbocycles. The van der Waals surface area contributed by atoms with Gasteiger partial charge in [-0.15, -0.1) is 0 Å². The van der Waals surface area contributed by atoms with Crippen LogP contribution in [0.5, 0.6) is 0 Å². The van der Waals surface area contributed by atoms with Crippen LogP contribution in [0.15, 0.2) is 11.6 Å². The molecule has 2 aliphatic rings. The molecule has 1 fully saturated rings. The highest BCUT2D eigenvalue weighted by atomic mass is 16.5. The molecule has 2 rings (SSSR count). The third kappa shape index (κ3) is 2.97. The van der Waals surface area contributed by atoms with Crippen molar-refractivity contribution in [1.29, 1.82) is 0 Å². The van der Waals surface area contributed by atoms with Crippen LogP contribution in [0.2, 0.25) is 0 Å². The van der Waals surface area contributed by atoms with Crippen LogP contribution >= 0.6 is 0 Å². The predicted octanol–water partition coefficient (Wildman–Crippen LogP) is 2.12. The van der Waals surface area contributed by atoms with Gasteiger partial charge in [-0.25, -0.2) is 0 Å². The van der Waals surface area contributed by atoms with Gasteiger partial charge in [0.1, 0.15) is 13.2 Å². The number of rotatable bonds is 3. The van der Waals surface area contributed by atoms with Gasteiger partial charge in [-0.2, -0.15) is 0 Å². The summed E-state index contributed by atoms with van der Waals surface area (Å²) in [4.78, 5) is 1.68. The van der Waals surface area contributed by atoms with E-state index in [1.54, 1.807) is 10.5 Å². The van der Waals surface area contributed by atoms with E-state index in [1.807, 2.05) is 0 Å². The zero-order chi connectivity index (χ0) is 13.3. The third-order valence-corrected chi connectivity index (χ3v) is 4.82. The molecule has 5 atom stereocenters. The summed E-state index contributed by atoms with van der Waals surface area (Å²) in [5.74, 6) is 3.02. The molecule has 0 aromatic heterocycles. The van der Waals surface area contributed by atoms with Crippen LogP contribution in [0, 0.1) is 23.7 Å². The van der Waals surface area contributed by atoms with Crippen molar-refractivity contribution in [2.75, 3.05) is 19.7 Å². The maximum atomic E-state index is 5.91. The van der Waals surface area contributed by atoms with Crippen LogP contribution in [0.25, 0.3) is 0 Å². The first-order valence-electron chi connectivity index (χ1n) is 7.62. The van der Waals surface area contributed by atoms with Crippen molar-refractivity contribution < 1.29 is 9.64 Å². The normalized spacial score (nSPS) is 41.2. The van der Waals surface area contributed by atoms with E-state index in [4.69, 9.17) is 4.74 Å². The monoisotopic (exact) mass is 252 g/mol. The van der Waals surface area contributed by atoms with Gasteiger partial charge in [-0.3, -0.25) is 0 Å². The minimum atomic E-state index is 0.427. The zero-order valence-electron chi connectivity index (χ0n) is 12.7. The first-order valence-corrected chi connectivity index (χ1v) is 7.62. The van der Waals surface area contributed by atoms with Crippen molar-refractivity contribution in [3.05, 3.63) is 11.6 Å². The lowest BCUT2D eigenvalue weighted by Gasteiger charge is -2.35. The number of allylic oxidation sites excluding steroid dienone is 2. The van der Waals surface area contributed by atoms with Gasteiger partial charge in [0.25, 0.3) is 0 Å². The highest BCUT2D eigenvalue weighted by molar-refractivity contribution is 5.08. The van der Waals surface area contributed by atoms with Gasteiger partial charge in [0.2, 0.25) is 0 Å². The average Bonchev–Trinajstić information content (AvgIpc) is 2.71. The predicted molar refractivity (Wildman–Crippen MR) is 75.5 cm³/mol. The van der Waals surface area contributed by atoms with Gasteiger partial charge in [0, 0.05) is 11.8 Å². The molecule has 1 aliphatic heterocycles. The summed E-state index contributed by atoms with van der Waals surface area (Å²) in [6, 6.07) is 0. The molecule has 0 saturated carbocycles. The minimum absolute atomic E-state index is 0.427. The van der Waals surface area contributed by atoms with E-state index in [0.717, 1.165) is 24.4 Å². The lowest BCUT2D eigenvalue weighted by molar-refractivity contribution is -0.932. The third-order valence-electron chi connectivity index (χ3n) is 4.82. The maximum absolute atomic E-state index is 5.91. The molecular formula is C16H30NO+. The summed E-state index contributed by atoms with van der Waals surface area (Å²) in [5, 5.41) is 0. The molecule has 1 unspecified atom stereocenters. The lowest BCUT2D eigenvalue weighted by atomic mass is 9.74. The van der Waals surface area contributed by atoms with Crippen LogP contribution < -0.4 is 4.90 Å². The fourth-order valence-electron chi connectivity index (χ4n) is 3.97. The Morgan fingerprint density at radius 3 is 2.72 bits per heavy atom.